The third kappa shape index (κ3) is 5.46. The van der Waals surface area contributed by atoms with Crippen molar-refractivity contribution in [2.24, 2.45) is 0 Å². The van der Waals surface area contributed by atoms with E-state index < -0.39 is 5.41 Å². The fourth-order valence-corrected chi connectivity index (χ4v) is 9.95. The van der Waals surface area contributed by atoms with Crippen molar-refractivity contribution in [1.82, 2.24) is 15.0 Å². The Balaban J connectivity index is 0.996. The lowest BCUT2D eigenvalue weighted by molar-refractivity contribution is 0.668. The molecule has 0 saturated carbocycles. The molecule has 5 nitrogen and oxygen atoms in total. The Hall–Kier alpha value is -8.41. The van der Waals surface area contributed by atoms with Crippen LogP contribution in [0.2, 0.25) is 0 Å². The standard InChI is InChI=1S/C58H35N3O2/c1-2-13-36(14-3-1)38-15-12-16-39(33-38)56-59-55(60-57(61-56)40-27-31-47-45-19-6-10-23-51(45)63-54(47)34-40)37-25-28-41(29-26-37)58(49-21-8-4-17-43(49)44-18-5-9-22-50(44)58)42-30-32-53-48(35-42)46-20-7-11-24-52(46)62-53/h1-35H. The van der Waals surface area contributed by atoms with E-state index in [0.717, 1.165) is 77.3 Å². The minimum atomic E-state index is -0.604. The summed E-state index contributed by atoms with van der Waals surface area (Å²) < 4.78 is 12.7. The van der Waals surface area contributed by atoms with Gasteiger partial charge in [0.1, 0.15) is 22.3 Å². The summed E-state index contributed by atoms with van der Waals surface area (Å²) in [7, 11) is 0. The van der Waals surface area contributed by atoms with Crippen LogP contribution in [0.5, 0.6) is 0 Å². The fraction of sp³-hybridized carbons (Fsp3) is 0.0172. The van der Waals surface area contributed by atoms with E-state index in [1.807, 2.05) is 42.5 Å². The lowest BCUT2D eigenvalue weighted by atomic mass is 9.67. The van der Waals surface area contributed by atoms with Crippen LogP contribution in [0.1, 0.15) is 22.3 Å². The summed E-state index contributed by atoms with van der Waals surface area (Å²) in [6.07, 6.45) is 0. The highest BCUT2D eigenvalue weighted by Crippen LogP contribution is 2.56. The maximum absolute atomic E-state index is 6.34. The molecule has 0 radical (unpaired) electrons. The summed E-state index contributed by atoms with van der Waals surface area (Å²) in [5.41, 5.74) is 14.9. The van der Waals surface area contributed by atoms with E-state index in [9.17, 15) is 0 Å². The molecule has 3 aromatic heterocycles. The molecule has 12 aromatic rings. The van der Waals surface area contributed by atoms with Gasteiger partial charge in [0.15, 0.2) is 17.5 Å². The Labute approximate surface area is 362 Å². The van der Waals surface area contributed by atoms with Crippen LogP contribution in [0.15, 0.2) is 221 Å². The van der Waals surface area contributed by atoms with Crippen LogP contribution in [-0.2, 0) is 5.41 Å². The number of furan rings is 2. The Morgan fingerprint density at radius 1 is 0.286 bits per heavy atom. The number of hydrogen-bond donors (Lipinski definition) is 0. The summed E-state index contributed by atoms with van der Waals surface area (Å²) in [4.78, 5) is 15.6. The molecule has 0 saturated heterocycles. The number of fused-ring (bicyclic) bond motifs is 9. The number of rotatable bonds is 6. The highest BCUT2D eigenvalue weighted by molar-refractivity contribution is 6.06. The molecule has 3 heterocycles. The van der Waals surface area contributed by atoms with Crippen LogP contribution in [0.4, 0.5) is 0 Å². The third-order valence-electron chi connectivity index (χ3n) is 12.8. The third-order valence-corrected chi connectivity index (χ3v) is 12.8. The van der Waals surface area contributed by atoms with Gasteiger partial charge in [0.25, 0.3) is 0 Å². The molecule has 0 aliphatic heterocycles. The van der Waals surface area contributed by atoms with Crippen LogP contribution in [0, 0.1) is 0 Å². The molecule has 0 fully saturated rings. The Bertz CT molecular complexity index is 3710. The maximum atomic E-state index is 6.34. The van der Waals surface area contributed by atoms with E-state index in [-0.39, 0.29) is 0 Å². The first-order valence-corrected chi connectivity index (χ1v) is 21.2. The summed E-state index contributed by atoms with van der Waals surface area (Å²) in [6.45, 7) is 0. The number of nitrogens with zero attached hydrogens (tertiary/aromatic N) is 3. The molecular weight excluding hydrogens is 771 g/mol. The van der Waals surface area contributed by atoms with Crippen molar-refractivity contribution in [2.45, 2.75) is 5.41 Å². The van der Waals surface area contributed by atoms with E-state index in [1.165, 1.54) is 27.8 Å². The Morgan fingerprint density at radius 2 is 0.778 bits per heavy atom. The number of benzene rings is 9. The predicted molar refractivity (Wildman–Crippen MR) is 253 cm³/mol. The smallest absolute Gasteiger partial charge is 0.164 e. The van der Waals surface area contributed by atoms with Gasteiger partial charge >= 0.3 is 0 Å². The fourth-order valence-electron chi connectivity index (χ4n) is 9.95. The van der Waals surface area contributed by atoms with Crippen LogP contribution >= 0.6 is 0 Å². The second-order valence-corrected chi connectivity index (χ2v) is 16.3. The van der Waals surface area contributed by atoms with Gasteiger partial charge in [-0.3, -0.25) is 0 Å². The van der Waals surface area contributed by atoms with E-state index in [0.29, 0.717) is 17.5 Å². The molecule has 1 aliphatic rings. The average molecular weight is 806 g/mol. The van der Waals surface area contributed by atoms with Crippen LogP contribution in [-0.4, -0.2) is 15.0 Å². The van der Waals surface area contributed by atoms with E-state index in [1.54, 1.807) is 0 Å². The van der Waals surface area contributed by atoms with Crippen LogP contribution in [0.3, 0.4) is 0 Å². The molecule has 9 aromatic carbocycles. The van der Waals surface area contributed by atoms with Crippen molar-refractivity contribution in [1.29, 1.82) is 0 Å². The number of hydrogen-bond acceptors (Lipinski definition) is 5. The van der Waals surface area contributed by atoms with E-state index >= 15 is 0 Å². The molecule has 294 valence electrons. The molecule has 0 amide bonds. The number of aromatic nitrogens is 3. The van der Waals surface area contributed by atoms with E-state index in [4.69, 9.17) is 23.8 Å². The number of para-hydroxylation sites is 2. The molecule has 0 N–H and O–H groups in total. The van der Waals surface area contributed by atoms with Gasteiger partial charge in [-0.05, 0) is 87.0 Å². The monoisotopic (exact) mass is 805 g/mol. The summed E-state index contributed by atoms with van der Waals surface area (Å²) in [5.74, 6) is 1.75. The molecule has 0 spiro atoms. The van der Waals surface area contributed by atoms with Gasteiger partial charge in [0, 0.05) is 38.2 Å². The predicted octanol–water partition coefficient (Wildman–Crippen LogP) is 14.7. The van der Waals surface area contributed by atoms with Gasteiger partial charge in [-0.15, -0.1) is 0 Å². The molecule has 5 heteroatoms. The van der Waals surface area contributed by atoms with Crippen molar-refractivity contribution < 1.29 is 8.83 Å². The highest BCUT2D eigenvalue weighted by atomic mass is 16.3. The zero-order valence-electron chi connectivity index (χ0n) is 33.9. The first kappa shape index (κ1) is 35.4. The van der Waals surface area contributed by atoms with Crippen molar-refractivity contribution in [3.63, 3.8) is 0 Å². The van der Waals surface area contributed by atoms with Gasteiger partial charge < -0.3 is 8.83 Å². The second-order valence-electron chi connectivity index (χ2n) is 16.3. The molecule has 63 heavy (non-hydrogen) atoms. The first-order valence-electron chi connectivity index (χ1n) is 21.2. The topological polar surface area (TPSA) is 65.0 Å². The van der Waals surface area contributed by atoms with Crippen LogP contribution in [0.25, 0.3) is 100 Å². The summed E-state index contributed by atoms with van der Waals surface area (Å²) >= 11 is 0. The van der Waals surface area contributed by atoms with Gasteiger partial charge in [-0.1, -0.05) is 170 Å². The van der Waals surface area contributed by atoms with Crippen molar-refractivity contribution in [2.75, 3.05) is 0 Å². The molecule has 0 bridgehead atoms. The zero-order valence-corrected chi connectivity index (χ0v) is 33.9. The van der Waals surface area contributed by atoms with Gasteiger partial charge in [-0.25, -0.2) is 15.0 Å². The van der Waals surface area contributed by atoms with Crippen molar-refractivity contribution >= 4 is 43.9 Å². The summed E-state index contributed by atoms with van der Waals surface area (Å²) in [5, 5.41) is 4.34. The normalized spacial score (nSPS) is 12.9. The zero-order chi connectivity index (χ0) is 41.5. The molecule has 1 aliphatic carbocycles. The van der Waals surface area contributed by atoms with E-state index in [2.05, 4.69) is 170 Å². The molecule has 0 unspecified atom stereocenters. The van der Waals surface area contributed by atoms with Crippen molar-refractivity contribution in [3.05, 3.63) is 235 Å². The lowest BCUT2D eigenvalue weighted by Crippen LogP contribution is -2.28. The SMILES string of the molecule is c1ccc(-c2cccc(-c3nc(-c4ccc(C5(c6ccc7oc8ccccc8c7c6)c6ccccc6-c6ccccc65)cc4)nc(-c4ccc5c(c4)oc4ccccc45)n3)c2)cc1. The highest BCUT2D eigenvalue weighted by Gasteiger charge is 2.46. The van der Waals surface area contributed by atoms with Crippen LogP contribution < -0.4 is 0 Å². The molecule has 0 atom stereocenters. The van der Waals surface area contributed by atoms with Gasteiger partial charge in [-0.2, -0.15) is 0 Å². The quantitative estimate of drug-likeness (QED) is 0.167. The van der Waals surface area contributed by atoms with Crippen molar-refractivity contribution in [3.8, 4) is 56.4 Å². The second kappa shape index (κ2) is 13.8. The van der Waals surface area contributed by atoms with Gasteiger partial charge in [0.2, 0.25) is 0 Å². The first-order chi connectivity index (χ1) is 31.2. The lowest BCUT2D eigenvalue weighted by Gasteiger charge is -2.34. The minimum Gasteiger partial charge on any atom is -0.456 e. The summed E-state index contributed by atoms with van der Waals surface area (Å²) in [6, 6.07) is 74.7. The Morgan fingerprint density at radius 3 is 1.49 bits per heavy atom. The molecular formula is C58H35N3O2. The van der Waals surface area contributed by atoms with Gasteiger partial charge in [0.05, 0.1) is 5.41 Å². The Kier molecular flexibility index (Phi) is 7.75. The largest absolute Gasteiger partial charge is 0.456 e. The maximum Gasteiger partial charge on any atom is 0.164 e. The minimum absolute atomic E-state index is 0.572. The molecule has 13 rings (SSSR count). The average Bonchev–Trinajstić information content (AvgIpc) is 4.02.